The lowest BCUT2D eigenvalue weighted by Crippen LogP contribution is -2.62. The number of benzene rings is 2. The number of phenolic OH excluding ortho intramolecular Hbond substituents is 1. The summed E-state index contributed by atoms with van der Waals surface area (Å²) in [5.41, 5.74) is 9.48. The standard InChI is InChI=1S/C49H64N8O8/c1-10-56-40-16-15-31-23-35(40)36(44(56)34-13-11-17-50-42(34)29(4)64-9)24-49(5,6)27-65-48(63)37-14-12-18-57(53-37)47(62)38(21-30-19-32(31)22-33(58)20-30)52-45(60)43(28(2)3)55(8)41(59)26-54(7)46(61)39-25-51-39/h11,13,15-17,19-20,22-23,28-29,37-39,43,51,53,58H,10,12,14,18,21,24-27H2,1-9H3,(H,52,60)/t29-,37-,38-,39+,43-/m0/s1. The summed E-state index contributed by atoms with van der Waals surface area (Å²) in [5.74, 6) is -2.56. The number of nitrogens with one attached hydrogen (secondary N) is 3. The lowest BCUT2D eigenvalue weighted by molar-refractivity contribution is -0.155. The second-order valence-corrected chi connectivity index (χ2v) is 18.9. The Labute approximate surface area is 381 Å². The minimum absolute atomic E-state index is 0.0179. The number of hydrogen-bond donors (Lipinski definition) is 4. The molecule has 7 rings (SSSR count). The first-order chi connectivity index (χ1) is 30.9. The second kappa shape index (κ2) is 19.3. The summed E-state index contributed by atoms with van der Waals surface area (Å²) in [6, 6.07) is 12.1. The molecule has 4 aromatic rings. The van der Waals surface area contributed by atoms with Gasteiger partial charge >= 0.3 is 5.97 Å². The highest BCUT2D eigenvalue weighted by atomic mass is 16.5. The number of carbonyl (C=O) groups excluding carboxylic acids is 5. The number of nitrogens with zero attached hydrogens (tertiary/aromatic N) is 5. The van der Waals surface area contributed by atoms with Crippen LogP contribution in [0, 0.1) is 11.3 Å². The molecule has 16 heteroatoms. The maximum Gasteiger partial charge on any atom is 0.324 e. The Kier molecular flexibility index (Phi) is 14.0. The predicted octanol–water partition coefficient (Wildman–Crippen LogP) is 4.36. The molecule has 3 aliphatic heterocycles. The Bertz CT molecular complexity index is 2460. The number of methoxy groups -OCH3 is 1. The topological polar surface area (TPSA) is 198 Å². The van der Waals surface area contributed by atoms with Gasteiger partial charge in [-0.2, -0.15) is 0 Å². The van der Waals surface area contributed by atoms with E-state index in [2.05, 4.69) is 59.6 Å². The van der Waals surface area contributed by atoms with Crippen LogP contribution in [0.5, 0.6) is 5.75 Å². The zero-order valence-corrected chi connectivity index (χ0v) is 39.1. The number of amides is 4. The van der Waals surface area contributed by atoms with Gasteiger partial charge in [-0.1, -0.05) is 39.8 Å². The molecule has 2 aromatic carbocycles. The molecule has 2 saturated heterocycles. The molecule has 6 bridgehead atoms. The van der Waals surface area contributed by atoms with Crippen molar-refractivity contribution in [2.24, 2.45) is 11.3 Å². The van der Waals surface area contributed by atoms with E-state index >= 15 is 0 Å². The summed E-state index contributed by atoms with van der Waals surface area (Å²) in [6.07, 6.45) is 2.94. The first-order valence-electron chi connectivity index (χ1n) is 22.7. The Balaban J connectivity index is 1.31. The summed E-state index contributed by atoms with van der Waals surface area (Å²) in [5, 5.41) is 19.6. The summed E-state index contributed by atoms with van der Waals surface area (Å²) < 4.78 is 14.2. The van der Waals surface area contributed by atoms with E-state index in [4.69, 9.17) is 14.5 Å². The van der Waals surface area contributed by atoms with Gasteiger partial charge < -0.3 is 39.6 Å². The number of phenols is 1. The molecule has 0 saturated carbocycles. The average Bonchev–Trinajstić information content (AvgIpc) is 4.09. The largest absolute Gasteiger partial charge is 0.508 e. The number of carbonyl (C=O) groups is 5. The van der Waals surface area contributed by atoms with Crippen LogP contribution in [0.1, 0.15) is 77.3 Å². The molecule has 2 fully saturated rings. The van der Waals surface area contributed by atoms with E-state index in [9.17, 15) is 29.1 Å². The fourth-order valence-corrected chi connectivity index (χ4v) is 9.30. The molecule has 16 nitrogen and oxygen atoms in total. The fraction of sp³-hybridized carbons (Fsp3) is 0.510. The van der Waals surface area contributed by atoms with Crippen LogP contribution in [-0.4, -0.2) is 131 Å². The molecular formula is C49H64N8O8. The molecule has 5 atom stereocenters. The monoisotopic (exact) mass is 892 g/mol. The van der Waals surface area contributed by atoms with Crippen molar-refractivity contribution in [2.75, 3.05) is 47.4 Å². The van der Waals surface area contributed by atoms with Gasteiger partial charge in [0.05, 0.1) is 36.7 Å². The van der Waals surface area contributed by atoms with Crippen LogP contribution < -0.4 is 16.1 Å². The summed E-state index contributed by atoms with van der Waals surface area (Å²) in [6.45, 7) is 13.2. The predicted molar refractivity (Wildman–Crippen MR) is 246 cm³/mol. The van der Waals surface area contributed by atoms with Crippen molar-refractivity contribution in [3.05, 3.63) is 71.5 Å². The number of fused-ring (bicyclic) bond motifs is 6. The van der Waals surface area contributed by atoms with Crippen molar-refractivity contribution < 1.29 is 38.6 Å². The van der Waals surface area contributed by atoms with Gasteiger partial charge in [-0.3, -0.25) is 34.0 Å². The smallest absolute Gasteiger partial charge is 0.324 e. The summed E-state index contributed by atoms with van der Waals surface area (Å²) >= 11 is 0. The molecule has 4 N–H and O–H groups in total. The molecular weight excluding hydrogens is 829 g/mol. The van der Waals surface area contributed by atoms with Gasteiger partial charge in [-0.15, -0.1) is 0 Å². The second-order valence-electron chi connectivity index (χ2n) is 18.9. The Morgan fingerprint density at radius 1 is 1.08 bits per heavy atom. The number of pyridine rings is 1. The molecule has 65 heavy (non-hydrogen) atoms. The number of aromatic hydroxyl groups is 1. The SMILES string of the molecule is CCn1c(-c2cccnc2[C@H](C)OC)c2c3cc(ccc31)-c1cc(O)cc(c1)C[C@H](NC(=O)[C@H](C(C)C)N(C)C(=O)CN(C)C(=O)[C@H]1CN1)C(=O)N1CCC[C@H](N1)C(=O)OCC(C)(C)C2. The molecule has 348 valence electrons. The quantitative estimate of drug-likeness (QED) is 0.123. The normalized spacial score (nSPS) is 20.7. The van der Waals surface area contributed by atoms with Crippen LogP contribution in [0.15, 0.2) is 54.7 Å². The van der Waals surface area contributed by atoms with Gasteiger partial charge in [0.2, 0.25) is 17.7 Å². The molecule has 3 aliphatic rings. The van der Waals surface area contributed by atoms with E-state index in [1.165, 1.54) is 21.9 Å². The minimum Gasteiger partial charge on any atom is -0.508 e. The highest BCUT2D eigenvalue weighted by molar-refractivity contribution is 5.96. The average molecular weight is 893 g/mol. The molecule has 0 unspecified atom stereocenters. The van der Waals surface area contributed by atoms with E-state index in [1.807, 2.05) is 39.0 Å². The fourth-order valence-electron chi connectivity index (χ4n) is 9.30. The molecule has 0 radical (unpaired) electrons. The van der Waals surface area contributed by atoms with Crippen LogP contribution in [0.4, 0.5) is 0 Å². The molecule has 2 aromatic heterocycles. The van der Waals surface area contributed by atoms with Gasteiger partial charge in [-0.05, 0) is 97.7 Å². The van der Waals surface area contributed by atoms with E-state index in [-0.39, 0.29) is 55.8 Å². The number of aromatic nitrogens is 2. The Morgan fingerprint density at radius 2 is 1.83 bits per heavy atom. The number of hydrazine groups is 1. The van der Waals surface area contributed by atoms with E-state index in [0.29, 0.717) is 43.5 Å². The first kappa shape index (κ1) is 47.1. The zero-order chi connectivity index (χ0) is 46.9. The molecule has 0 aliphatic carbocycles. The van der Waals surface area contributed by atoms with Crippen molar-refractivity contribution in [3.8, 4) is 28.1 Å². The number of likely N-dealkylation sites (N-methyl/N-ethyl adjacent to an activating group) is 2. The van der Waals surface area contributed by atoms with Crippen molar-refractivity contribution in [2.45, 2.75) is 104 Å². The van der Waals surface area contributed by atoms with Gasteiger partial charge in [0, 0.05) is 75.3 Å². The van der Waals surface area contributed by atoms with Crippen molar-refractivity contribution in [1.82, 2.24) is 40.4 Å². The van der Waals surface area contributed by atoms with E-state index < -0.39 is 47.2 Å². The van der Waals surface area contributed by atoms with Crippen molar-refractivity contribution >= 4 is 40.5 Å². The first-order valence-corrected chi connectivity index (χ1v) is 22.7. The highest BCUT2D eigenvalue weighted by Gasteiger charge is 2.39. The third-order valence-corrected chi connectivity index (χ3v) is 12.8. The summed E-state index contributed by atoms with van der Waals surface area (Å²) in [4.78, 5) is 76.6. The van der Waals surface area contributed by atoms with E-state index in [0.717, 1.165) is 39.0 Å². The maximum absolute atomic E-state index is 14.7. The van der Waals surface area contributed by atoms with Gasteiger partial charge in [0.1, 0.15) is 23.9 Å². The van der Waals surface area contributed by atoms with Crippen LogP contribution in [0.2, 0.25) is 0 Å². The number of aryl methyl sites for hydroxylation is 1. The third kappa shape index (κ3) is 10.2. The van der Waals surface area contributed by atoms with Crippen LogP contribution >= 0.6 is 0 Å². The number of cyclic esters (lactones) is 1. The minimum atomic E-state index is -1.18. The van der Waals surface area contributed by atoms with Crippen LogP contribution in [0.25, 0.3) is 33.3 Å². The zero-order valence-electron chi connectivity index (χ0n) is 39.1. The number of esters is 1. The van der Waals surface area contributed by atoms with E-state index in [1.54, 1.807) is 32.5 Å². The molecule has 5 heterocycles. The summed E-state index contributed by atoms with van der Waals surface area (Å²) in [7, 11) is 4.74. The van der Waals surface area contributed by atoms with Crippen LogP contribution in [-0.2, 0) is 52.8 Å². The Morgan fingerprint density at radius 3 is 2.52 bits per heavy atom. The van der Waals surface area contributed by atoms with Gasteiger partial charge in [-0.25, -0.2) is 5.43 Å². The third-order valence-electron chi connectivity index (χ3n) is 12.8. The molecule has 0 spiro atoms. The highest BCUT2D eigenvalue weighted by Crippen LogP contribution is 2.42. The van der Waals surface area contributed by atoms with Gasteiger partial charge in [0.25, 0.3) is 5.91 Å². The number of rotatable bonds is 11. The Hall–Kier alpha value is -5.84. The van der Waals surface area contributed by atoms with Crippen molar-refractivity contribution in [1.29, 1.82) is 0 Å². The maximum atomic E-state index is 14.7. The van der Waals surface area contributed by atoms with Gasteiger partial charge in [0.15, 0.2) is 0 Å². The van der Waals surface area contributed by atoms with Crippen molar-refractivity contribution in [3.63, 3.8) is 0 Å². The van der Waals surface area contributed by atoms with Crippen LogP contribution in [0.3, 0.4) is 0 Å². The lowest BCUT2D eigenvalue weighted by atomic mass is 9.84. The lowest BCUT2D eigenvalue weighted by Gasteiger charge is -2.37. The number of hydrogen-bond acceptors (Lipinski definition) is 11. The number of ether oxygens (including phenoxy) is 2. The molecule has 4 amide bonds.